The van der Waals surface area contributed by atoms with Crippen LogP contribution in [0.2, 0.25) is 0 Å². The smallest absolute Gasteiger partial charge is 0.0656 e. The molecule has 0 aromatic heterocycles. The number of hydrogen-bond donors (Lipinski definition) is 0. The van der Waals surface area contributed by atoms with Crippen molar-refractivity contribution in [3.05, 3.63) is 238 Å². The topological polar surface area (TPSA) is 0 Å². The summed E-state index contributed by atoms with van der Waals surface area (Å²) in [6, 6.07) is 69.1. The van der Waals surface area contributed by atoms with Crippen LogP contribution in [0, 0.1) is 6.92 Å². The lowest BCUT2D eigenvalue weighted by atomic mass is 9.70. The second kappa shape index (κ2) is 14.7. The van der Waals surface area contributed by atoms with Crippen molar-refractivity contribution in [1.82, 2.24) is 0 Å². The van der Waals surface area contributed by atoms with Crippen LogP contribution in [-0.4, -0.2) is 0 Å². The van der Waals surface area contributed by atoms with E-state index in [0.717, 1.165) is 6.42 Å². The second-order valence-electron chi connectivity index (χ2n) is 16.4. The Hall–Kier alpha value is -6.24. The number of hydrogen-bond acceptors (Lipinski definition) is 0. The van der Waals surface area contributed by atoms with Crippen molar-refractivity contribution in [2.24, 2.45) is 0 Å². The van der Waals surface area contributed by atoms with Gasteiger partial charge in [-0.3, -0.25) is 0 Å². The minimum Gasteiger partial charge on any atom is -0.0656 e. The van der Waals surface area contributed by atoms with Crippen LogP contribution < -0.4 is 0 Å². The molecule has 0 atom stereocenters. The van der Waals surface area contributed by atoms with Crippen molar-refractivity contribution < 1.29 is 0 Å². The third-order valence-corrected chi connectivity index (χ3v) is 12.3. The number of rotatable bonds is 3. The molecule has 0 bridgehead atoms. The summed E-state index contributed by atoms with van der Waals surface area (Å²) < 4.78 is 0. The minimum atomic E-state index is -0.189. The molecule has 0 aliphatic heterocycles. The fourth-order valence-electron chi connectivity index (χ4n) is 9.86. The number of aryl methyl sites for hydroxylation is 1. The molecule has 0 radical (unpaired) electrons. The van der Waals surface area contributed by atoms with E-state index in [9.17, 15) is 0 Å². The van der Waals surface area contributed by atoms with Gasteiger partial charge in [0.1, 0.15) is 0 Å². The van der Waals surface area contributed by atoms with E-state index in [-0.39, 0.29) is 10.8 Å². The molecule has 8 aromatic carbocycles. The first-order chi connectivity index (χ1) is 27.9. The summed E-state index contributed by atoms with van der Waals surface area (Å²) in [5, 5.41) is 0. The molecule has 0 heteroatoms. The Labute approximate surface area is 339 Å². The molecule has 0 N–H and O–H groups in total. The zero-order valence-corrected chi connectivity index (χ0v) is 33.8. The van der Waals surface area contributed by atoms with Gasteiger partial charge in [0.05, 0.1) is 5.41 Å². The highest BCUT2D eigenvalue weighted by Gasteiger charge is 2.51. The summed E-state index contributed by atoms with van der Waals surface area (Å²) in [5.41, 5.74) is 23.4. The van der Waals surface area contributed by atoms with Crippen LogP contribution in [0.15, 0.2) is 188 Å². The summed E-state index contributed by atoms with van der Waals surface area (Å²) in [6.45, 7) is 11.1. The molecule has 57 heavy (non-hydrogen) atoms. The largest absolute Gasteiger partial charge is 0.0725 e. The summed E-state index contributed by atoms with van der Waals surface area (Å²) in [6.07, 6.45) is 2.20. The molecule has 1 spiro atoms. The van der Waals surface area contributed by atoms with Crippen LogP contribution in [0.5, 0.6) is 0 Å². The number of benzene rings is 8. The molecular weight excluding hydrogens is 685 g/mol. The SMILES string of the molecule is CC1(C)c2ccccc2-c2ccc(Cc3ccccc3-c3ccccc3)cc21.CCC.Cc1ccc2c(c1)C1(c3ccccc3-c3ccccc31)c1ccccc1-2. The van der Waals surface area contributed by atoms with E-state index in [4.69, 9.17) is 0 Å². The zero-order valence-electron chi connectivity index (χ0n) is 33.8. The van der Waals surface area contributed by atoms with Gasteiger partial charge in [0.2, 0.25) is 0 Å². The summed E-state index contributed by atoms with van der Waals surface area (Å²) >= 11 is 0. The lowest BCUT2D eigenvalue weighted by molar-refractivity contribution is 0.659. The molecule has 0 saturated carbocycles. The maximum absolute atomic E-state index is 2.43. The fourth-order valence-corrected chi connectivity index (χ4v) is 9.86. The van der Waals surface area contributed by atoms with Crippen molar-refractivity contribution in [1.29, 1.82) is 0 Å². The van der Waals surface area contributed by atoms with Crippen molar-refractivity contribution in [2.75, 3.05) is 0 Å². The molecule has 8 aromatic rings. The Morgan fingerprint density at radius 1 is 0.368 bits per heavy atom. The van der Waals surface area contributed by atoms with Crippen molar-refractivity contribution in [3.63, 3.8) is 0 Å². The third-order valence-electron chi connectivity index (χ3n) is 12.3. The lowest BCUT2D eigenvalue weighted by Gasteiger charge is -2.30. The molecule has 3 aliphatic rings. The van der Waals surface area contributed by atoms with E-state index in [0.29, 0.717) is 0 Å². The molecule has 3 aliphatic carbocycles. The molecule has 0 fully saturated rings. The quantitative estimate of drug-likeness (QED) is 0.170. The Morgan fingerprint density at radius 3 is 1.37 bits per heavy atom. The fraction of sp³-hybridized carbons (Fsp3) is 0.158. The highest BCUT2D eigenvalue weighted by atomic mass is 14.5. The maximum atomic E-state index is 2.43. The van der Waals surface area contributed by atoms with Gasteiger partial charge in [-0.05, 0) is 102 Å². The highest BCUT2D eigenvalue weighted by molar-refractivity contribution is 5.95. The zero-order chi connectivity index (χ0) is 39.1. The monoisotopic (exact) mass is 734 g/mol. The Bertz CT molecular complexity index is 2680. The van der Waals surface area contributed by atoms with E-state index in [1.807, 2.05) is 0 Å². The van der Waals surface area contributed by atoms with E-state index in [1.165, 1.54) is 101 Å². The van der Waals surface area contributed by atoms with E-state index >= 15 is 0 Å². The summed E-state index contributed by atoms with van der Waals surface area (Å²) in [7, 11) is 0. The molecule has 0 amide bonds. The van der Waals surface area contributed by atoms with E-state index in [1.54, 1.807) is 0 Å². The third kappa shape index (κ3) is 5.89. The van der Waals surface area contributed by atoms with Crippen LogP contribution in [0.3, 0.4) is 0 Å². The molecule has 0 unspecified atom stereocenters. The highest BCUT2D eigenvalue weighted by Crippen LogP contribution is 2.62. The van der Waals surface area contributed by atoms with E-state index in [2.05, 4.69) is 223 Å². The maximum Gasteiger partial charge on any atom is 0.0725 e. The van der Waals surface area contributed by atoms with Gasteiger partial charge in [-0.2, -0.15) is 0 Å². The van der Waals surface area contributed by atoms with Crippen molar-refractivity contribution >= 4 is 0 Å². The van der Waals surface area contributed by atoms with Crippen LogP contribution >= 0.6 is 0 Å². The first-order valence-electron chi connectivity index (χ1n) is 20.6. The van der Waals surface area contributed by atoms with Crippen molar-refractivity contribution in [2.45, 2.75) is 58.3 Å². The predicted octanol–water partition coefficient (Wildman–Crippen LogP) is 15.0. The first kappa shape index (κ1) is 36.4. The van der Waals surface area contributed by atoms with Gasteiger partial charge in [0.25, 0.3) is 0 Å². The minimum absolute atomic E-state index is 0.0564. The molecule has 0 nitrogen and oxygen atoms in total. The molecule has 11 rings (SSSR count). The van der Waals surface area contributed by atoms with Gasteiger partial charge in [0.15, 0.2) is 0 Å². The molecule has 0 saturated heterocycles. The Balaban J connectivity index is 0.000000139. The summed E-state index contributed by atoms with van der Waals surface area (Å²) in [4.78, 5) is 0. The lowest BCUT2D eigenvalue weighted by Crippen LogP contribution is -2.25. The van der Waals surface area contributed by atoms with Gasteiger partial charge in [-0.1, -0.05) is 228 Å². The predicted molar refractivity (Wildman–Crippen MR) is 242 cm³/mol. The summed E-state index contributed by atoms with van der Waals surface area (Å²) in [5.74, 6) is 0. The van der Waals surface area contributed by atoms with Gasteiger partial charge < -0.3 is 0 Å². The first-order valence-corrected chi connectivity index (χ1v) is 20.6. The average Bonchev–Trinajstić information content (AvgIpc) is 3.80. The normalized spacial score (nSPS) is 13.8. The second-order valence-corrected chi connectivity index (χ2v) is 16.4. The Kier molecular flexibility index (Phi) is 9.38. The van der Waals surface area contributed by atoms with E-state index < -0.39 is 0 Å². The van der Waals surface area contributed by atoms with Crippen LogP contribution in [0.4, 0.5) is 0 Å². The van der Waals surface area contributed by atoms with Crippen LogP contribution in [0.1, 0.15) is 84.2 Å². The van der Waals surface area contributed by atoms with Gasteiger partial charge in [-0.15, -0.1) is 0 Å². The van der Waals surface area contributed by atoms with Crippen LogP contribution in [-0.2, 0) is 17.3 Å². The van der Waals surface area contributed by atoms with Crippen LogP contribution in [0.25, 0.3) is 44.5 Å². The molecule has 278 valence electrons. The van der Waals surface area contributed by atoms with Gasteiger partial charge in [0, 0.05) is 5.41 Å². The van der Waals surface area contributed by atoms with Gasteiger partial charge >= 0.3 is 0 Å². The average molecular weight is 735 g/mol. The standard InChI is InChI=1S/C28H24.C26H18.C3H8/c1-28(2)26-15-9-8-14-24(26)25-17-16-20(19-27(25)28)18-22-12-6-7-13-23(22)21-10-4-3-5-11-21;1-17-14-15-21-20-10-4-7-13-24(20)26(25(21)16-17)22-11-5-2-8-18(22)19-9-3-6-12-23(19)26;1-3-2/h3-17,19H,18H2,1-2H3;2-16H,1H3;3H2,1-2H3. The van der Waals surface area contributed by atoms with Crippen molar-refractivity contribution in [3.8, 4) is 44.5 Å². The Morgan fingerprint density at radius 2 is 0.789 bits per heavy atom. The molecule has 0 heterocycles. The molecular formula is C57H50. The number of fused-ring (bicyclic) bond motifs is 13. The van der Waals surface area contributed by atoms with Gasteiger partial charge in [-0.25, -0.2) is 0 Å².